The van der Waals surface area contributed by atoms with Gasteiger partial charge in [-0.2, -0.15) is 0 Å². The van der Waals surface area contributed by atoms with Crippen molar-refractivity contribution in [1.82, 2.24) is 10.4 Å². The van der Waals surface area contributed by atoms with Crippen LogP contribution in [0.25, 0.3) is 0 Å². The Hall–Kier alpha value is -1.67. The minimum atomic E-state index is -1.27. The predicted octanol–water partition coefficient (Wildman–Crippen LogP) is 3.25. The molecule has 0 aromatic carbocycles. The summed E-state index contributed by atoms with van der Waals surface area (Å²) >= 11 is 0. The summed E-state index contributed by atoms with van der Waals surface area (Å²) in [5.41, 5.74) is 0.811. The molecule has 8 nitrogen and oxygen atoms in total. The predicted molar refractivity (Wildman–Crippen MR) is 114 cm³/mol. The van der Waals surface area contributed by atoms with Crippen LogP contribution in [-0.2, 0) is 14.4 Å². The number of nitrogens with zero attached hydrogens (tertiary/aromatic N) is 1. The molecule has 1 atom stereocenters. The molecule has 1 aliphatic rings. The first kappa shape index (κ1) is 27.3. The number of carbonyl (C=O) groups excluding carboxylic acids is 2. The van der Waals surface area contributed by atoms with Gasteiger partial charge in [-0.15, -0.1) is 0 Å². The molecule has 0 radical (unpaired) electrons. The van der Waals surface area contributed by atoms with E-state index in [1.165, 1.54) is 0 Å². The molecule has 1 saturated carbocycles. The highest BCUT2D eigenvalue weighted by Gasteiger charge is 2.47. The molecule has 1 rings (SSSR count). The lowest BCUT2D eigenvalue weighted by molar-refractivity contribution is -0.164. The van der Waals surface area contributed by atoms with E-state index in [0.717, 1.165) is 75.6 Å². The molecule has 0 bridgehead atoms. The molecule has 0 spiro atoms. The fourth-order valence-electron chi connectivity index (χ4n) is 3.65. The second-order valence-electron chi connectivity index (χ2n) is 8.03. The average Bonchev–Trinajstić information content (AvgIpc) is 2.73. The topological polar surface area (TPSA) is 139 Å². The first-order valence-corrected chi connectivity index (χ1v) is 11.1. The van der Waals surface area contributed by atoms with Gasteiger partial charge in [-0.1, -0.05) is 58.8 Å². The number of rotatable bonds is 11. The Morgan fingerprint density at radius 2 is 1.52 bits per heavy atom. The summed E-state index contributed by atoms with van der Waals surface area (Å²) in [6, 6.07) is 0. The zero-order chi connectivity index (χ0) is 22.3. The van der Waals surface area contributed by atoms with Crippen LogP contribution in [0.15, 0.2) is 0 Å². The van der Waals surface area contributed by atoms with Gasteiger partial charge >= 0.3 is 5.97 Å². The second kappa shape index (κ2) is 15.2. The van der Waals surface area contributed by atoms with Crippen molar-refractivity contribution in [3.05, 3.63) is 0 Å². The quantitative estimate of drug-likeness (QED) is 0.177. The van der Waals surface area contributed by atoms with Crippen molar-refractivity contribution in [1.29, 1.82) is 0 Å². The molecule has 8 heteroatoms. The standard InChI is InChI=1S/C15H28N2O3.C6H14N2O/c1-3-4-6-11-13(18)17(16)15(2,14(19)20)12-9-7-5-8-10-12;1-2-3-4-5-6(9)8-7/h12H,3-11,16H2,1-2H3,(H,19,20);2-5,7H2,1H3,(H,8,9). The highest BCUT2D eigenvalue weighted by Crippen LogP contribution is 2.36. The summed E-state index contributed by atoms with van der Waals surface area (Å²) in [4.78, 5) is 34.3. The molecule has 6 N–H and O–H groups in total. The van der Waals surface area contributed by atoms with Gasteiger partial charge in [0.05, 0.1) is 0 Å². The van der Waals surface area contributed by atoms with Crippen LogP contribution in [0.5, 0.6) is 0 Å². The van der Waals surface area contributed by atoms with Crippen LogP contribution in [0.1, 0.15) is 104 Å². The van der Waals surface area contributed by atoms with Gasteiger partial charge in [-0.3, -0.25) is 20.0 Å². The second-order valence-corrected chi connectivity index (χ2v) is 8.03. The minimum Gasteiger partial charge on any atom is -0.479 e. The first-order valence-electron chi connectivity index (χ1n) is 11.1. The number of unbranched alkanes of at least 4 members (excludes halogenated alkanes) is 4. The third-order valence-electron chi connectivity index (χ3n) is 5.76. The van der Waals surface area contributed by atoms with Gasteiger partial charge in [-0.25, -0.2) is 16.5 Å². The fraction of sp³-hybridized carbons (Fsp3) is 0.857. The summed E-state index contributed by atoms with van der Waals surface area (Å²) in [6.07, 6.45) is 11.7. The zero-order valence-corrected chi connectivity index (χ0v) is 18.5. The Balaban J connectivity index is 0.000000734. The highest BCUT2D eigenvalue weighted by molar-refractivity contribution is 5.86. The molecular formula is C21H42N4O4. The van der Waals surface area contributed by atoms with E-state index in [2.05, 4.69) is 19.3 Å². The van der Waals surface area contributed by atoms with E-state index < -0.39 is 11.5 Å². The molecule has 0 aromatic rings. The number of carboxylic acid groups (broad SMARTS) is 1. The largest absolute Gasteiger partial charge is 0.479 e. The van der Waals surface area contributed by atoms with Crippen molar-refractivity contribution in [2.75, 3.05) is 0 Å². The third kappa shape index (κ3) is 9.58. The van der Waals surface area contributed by atoms with Crippen molar-refractivity contribution < 1.29 is 19.5 Å². The Morgan fingerprint density at radius 3 is 1.97 bits per heavy atom. The molecule has 2 amide bonds. The Morgan fingerprint density at radius 1 is 1.00 bits per heavy atom. The van der Waals surface area contributed by atoms with Gasteiger partial charge in [0.1, 0.15) is 0 Å². The van der Waals surface area contributed by atoms with E-state index in [1.807, 2.05) is 0 Å². The van der Waals surface area contributed by atoms with E-state index in [0.29, 0.717) is 12.8 Å². The number of hydrogen-bond acceptors (Lipinski definition) is 5. The molecule has 170 valence electrons. The van der Waals surface area contributed by atoms with Crippen molar-refractivity contribution in [3.8, 4) is 0 Å². The number of aliphatic carboxylic acids is 1. The number of carbonyl (C=O) groups is 3. The minimum absolute atomic E-state index is 0.0473. The SMILES string of the molecule is CCCCCC(=O)N(N)C(C)(C(=O)O)C1CCCCC1.CCCCCC(=O)NN. The van der Waals surface area contributed by atoms with Gasteiger partial charge in [0.2, 0.25) is 11.8 Å². The molecule has 1 aliphatic carbocycles. The lowest BCUT2D eigenvalue weighted by Crippen LogP contribution is -2.62. The molecule has 29 heavy (non-hydrogen) atoms. The Bertz CT molecular complexity index is 495. The van der Waals surface area contributed by atoms with Crippen molar-refractivity contribution in [2.45, 2.75) is 110 Å². The summed E-state index contributed by atoms with van der Waals surface area (Å²) in [7, 11) is 0. The monoisotopic (exact) mass is 414 g/mol. The van der Waals surface area contributed by atoms with Crippen LogP contribution < -0.4 is 17.1 Å². The summed E-state index contributed by atoms with van der Waals surface area (Å²) < 4.78 is 0. The number of carboxylic acids is 1. The smallest absolute Gasteiger partial charge is 0.331 e. The van der Waals surface area contributed by atoms with Crippen LogP contribution in [-0.4, -0.2) is 33.4 Å². The number of nitrogens with two attached hydrogens (primary N) is 2. The van der Waals surface area contributed by atoms with Gasteiger partial charge < -0.3 is 5.11 Å². The maximum Gasteiger partial charge on any atom is 0.331 e. The summed E-state index contributed by atoms with van der Waals surface area (Å²) in [5, 5.41) is 10.6. The number of hydrogen-bond donors (Lipinski definition) is 4. The molecule has 0 aliphatic heterocycles. The van der Waals surface area contributed by atoms with Crippen LogP contribution in [0, 0.1) is 5.92 Å². The van der Waals surface area contributed by atoms with Crippen LogP contribution in [0.3, 0.4) is 0 Å². The fourth-order valence-corrected chi connectivity index (χ4v) is 3.65. The van der Waals surface area contributed by atoms with E-state index in [9.17, 15) is 19.5 Å². The molecule has 0 aromatic heterocycles. The Labute approximate surface area is 175 Å². The van der Waals surface area contributed by atoms with E-state index >= 15 is 0 Å². The molecule has 1 fully saturated rings. The van der Waals surface area contributed by atoms with Crippen molar-refractivity contribution >= 4 is 17.8 Å². The van der Waals surface area contributed by atoms with Crippen LogP contribution >= 0.6 is 0 Å². The molecular weight excluding hydrogens is 372 g/mol. The molecule has 0 saturated heterocycles. The number of hydrazine groups is 2. The number of nitrogens with one attached hydrogen (secondary N) is 1. The van der Waals surface area contributed by atoms with Crippen LogP contribution in [0.2, 0.25) is 0 Å². The van der Waals surface area contributed by atoms with Gasteiger partial charge in [0.25, 0.3) is 0 Å². The van der Waals surface area contributed by atoms with E-state index in [4.69, 9.17) is 11.7 Å². The molecule has 0 heterocycles. The third-order valence-corrected chi connectivity index (χ3v) is 5.76. The molecule has 1 unspecified atom stereocenters. The van der Waals surface area contributed by atoms with E-state index in [-0.39, 0.29) is 17.7 Å². The summed E-state index contributed by atoms with van der Waals surface area (Å²) in [5.74, 6) is 9.41. The van der Waals surface area contributed by atoms with Gasteiger partial charge in [0.15, 0.2) is 5.54 Å². The normalized spacial score (nSPS) is 16.2. The number of amides is 2. The van der Waals surface area contributed by atoms with Gasteiger partial charge in [0, 0.05) is 12.8 Å². The zero-order valence-electron chi connectivity index (χ0n) is 18.5. The maximum atomic E-state index is 12.1. The van der Waals surface area contributed by atoms with Gasteiger partial charge in [-0.05, 0) is 38.5 Å². The lowest BCUT2D eigenvalue weighted by Gasteiger charge is -2.42. The Kier molecular flexibility index (Phi) is 14.3. The van der Waals surface area contributed by atoms with Crippen LogP contribution in [0.4, 0.5) is 0 Å². The van der Waals surface area contributed by atoms with E-state index in [1.54, 1.807) is 6.92 Å². The average molecular weight is 415 g/mol. The maximum absolute atomic E-state index is 12.1. The van der Waals surface area contributed by atoms with Crippen molar-refractivity contribution in [3.63, 3.8) is 0 Å². The highest BCUT2D eigenvalue weighted by atomic mass is 16.4. The van der Waals surface area contributed by atoms with Crippen molar-refractivity contribution in [2.24, 2.45) is 17.6 Å². The lowest BCUT2D eigenvalue weighted by atomic mass is 9.75. The summed E-state index contributed by atoms with van der Waals surface area (Å²) in [6.45, 7) is 5.76. The first-order chi connectivity index (χ1) is 13.7.